The minimum atomic E-state index is -0.565. The molecular formula is C15H21N3O5. The molecule has 1 amide bonds. The van der Waals surface area contributed by atoms with Crippen LogP contribution in [0.4, 0.5) is 10.5 Å². The van der Waals surface area contributed by atoms with E-state index in [-0.39, 0.29) is 30.3 Å². The van der Waals surface area contributed by atoms with E-state index in [1.807, 2.05) is 20.8 Å². The van der Waals surface area contributed by atoms with E-state index in [0.29, 0.717) is 6.54 Å². The number of likely N-dealkylation sites (tertiary alicyclic amines) is 1. The number of nitrogens with zero attached hydrogens (tertiary/aromatic N) is 3. The number of ether oxygens (including phenoxy) is 2. The van der Waals surface area contributed by atoms with Gasteiger partial charge in [-0.3, -0.25) is 10.1 Å². The highest BCUT2D eigenvalue weighted by Crippen LogP contribution is 2.25. The normalized spacial score (nSPS) is 17.9. The topological polar surface area (TPSA) is 94.8 Å². The van der Waals surface area contributed by atoms with Crippen LogP contribution in [-0.2, 0) is 4.74 Å². The SMILES string of the molecule is CC(C)(C)OC(=O)N1CCC[C@H]1COc1ncccc1[N+](=O)[O-]. The number of hydrogen-bond acceptors (Lipinski definition) is 6. The van der Waals surface area contributed by atoms with Crippen LogP contribution in [-0.4, -0.2) is 45.7 Å². The highest BCUT2D eigenvalue weighted by atomic mass is 16.6. The lowest BCUT2D eigenvalue weighted by Crippen LogP contribution is -2.42. The second-order valence-electron chi connectivity index (χ2n) is 6.37. The quantitative estimate of drug-likeness (QED) is 0.624. The third-order valence-electron chi connectivity index (χ3n) is 3.37. The van der Waals surface area contributed by atoms with Crippen molar-refractivity contribution in [3.63, 3.8) is 0 Å². The average Bonchev–Trinajstić information content (AvgIpc) is 2.92. The van der Waals surface area contributed by atoms with Crippen LogP contribution in [0, 0.1) is 10.1 Å². The van der Waals surface area contributed by atoms with Crippen LogP contribution in [0.5, 0.6) is 5.88 Å². The summed E-state index contributed by atoms with van der Waals surface area (Å²) in [4.78, 5) is 28.1. The van der Waals surface area contributed by atoms with E-state index in [2.05, 4.69) is 4.98 Å². The molecule has 0 saturated carbocycles. The first-order valence-electron chi connectivity index (χ1n) is 7.50. The van der Waals surface area contributed by atoms with Crippen molar-refractivity contribution in [3.05, 3.63) is 28.4 Å². The van der Waals surface area contributed by atoms with Crippen molar-refractivity contribution >= 4 is 11.8 Å². The van der Waals surface area contributed by atoms with Crippen LogP contribution in [0.15, 0.2) is 18.3 Å². The van der Waals surface area contributed by atoms with E-state index in [4.69, 9.17) is 9.47 Å². The van der Waals surface area contributed by atoms with Gasteiger partial charge in [-0.05, 0) is 39.7 Å². The zero-order valence-electron chi connectivity index (χ0n) is 13.5. The fraction of sp³-hybridized carbons (Fsp3) is 0.600. The maximum atomic E-state index is 12.2. The third kappa shape index (κ3) is 4.54. The number of carbonyl (C=O) groups is 1. The molecule has 23 heavy (non-hydrogen) atoms. The second kappa shape index (κ2) is 6.80. The molecule has 0 aromatic carbocycles. The monoisotopic (exact) mass is 323 g/mol. The predicted molar refractivity (Wildman–Crippen MR) is 82.3 cm³/mol. The van der Waals surface area contributed by atoms with Gasteiger partial charge in [0.05, 0.1) is 11.0 Å². The molecule has 2 heterocycles. The van der Waals surface area contributed by atoms with E-state index in [1.165, 1.54) is 18.3 Å². The van der Waals surface area contributed by atoms with Gasteiger partial charge in [0.25, 0.3) is 5.88 Å². The maximum Gasteiger partial charge on any atom is 0.410 e. The molecule has 0 spiro atoms. The molecule has 0 unspecified atom stereocenters. The Morgan fingerprint density at radius 3 is 2.91 bits per heavy atom. The number of amides is 1. The van der Waals surface area contributed by atoms with Gasteiger partial charge in [-0.1, -0.05) is 0 Å². The zero-order valence-corrected chi connectivity index (χ0v) is 13.5. The predicted octanol–water partition coefficient (Wildman–Crippen LogP) is 2.77. The van der Waals surface area contributed by atoms with Gasteiger partial charge in [-0.2, -0.15) is 0 Å². The number of hydrogen-bond donors (Lipinski definition) is 0. The van der Waals surface area contributed by atoms with Crippen molar-refractivity contribution in [3.8, 4) is 5.88 Å². The molecule has 8 heteroatoms. The Morgan fingerprint density at radius 2 is 2.26 bits per heavy atom. The van der Waals surface area contributed by atoms with Crippen molar-refractivity contribution in [2.45, 2.75) is 45.3 Å². The van der Waals surface area contributed by atoms with Crippen LogP contribution in [0.25, 0.3) is 0 Å². The summed E-state index contributed by atoms with van der Waals surface area (Å²) in [5.41, 5.74) is -0.750. The zero-order chi connectivity index (χ0) is 17.0. The van der Waals surface area contributed by atoms with Gasteiger partial charge in [0.15, 0.2) is 0 Å². The molecule has 1 aliphatic rings. The lowest BCUT2D eigenvalue weighted by atomic mass is 10.2. The maximum absolute atomic E-state index is 12.2. The Bertz CT molecular complexity index is 585. The lowest BCUT2D eigenvalue weighted by Gasteiger charge is -2.28. The third-order valence-corrected chi connectivity index (χ3v) is 3.37. The molecule has 1 atom stereocenters. The van der Waals surface area contributed by atoms with Crippen molar-refractivity contribution in [1.29, 1.82) is 0 Å². The largest absolute Gasteiger partial charge is 0.471 e. The van der Waals surface area contributed by atoms with E-state index in [9.17, 15) is 14.9 Å². The Labute approximate surface area is 134 Å². The first-order chi connectivity index (χ1) is 10.8. The van der Waals surface area contributed by atoms with Crippen molar-refractivity contribution < 1.29 is 19.2 Å². The summed E-state index contributed by atoms with van der Waals surface area (Å²) < 4.78 is 10.9. The molecule has 0 radical (unpaired) electrons. The summed E-state index contributed by atoms with van der Waals surface area (Å²) >= 11 is 0. The van der Waals surface area contributed by atoms with Crippen LogP contribution in [0.1, 0.15) is 33.6 Å². The fourth-order valence-electron chi connectivity index (χ4n) is 2.38. The standard InChI is InChI=1S/C15H21N3O5/c1-15(2,3)23-14(19)17-9-5-6-11(17)10-22-13-12(18(20)21)7-4-8-16-13/h4,7-8,11H,5-6,9-10H2,1-3H3/t11-/m0/s1. The number of nitro groups is 1. The summed E-state index contributed by atoms with van der Waals surface area (Å²) in [7, 11) is 0. The van der Waals surface area contributed by atoms with Gasteiger partial charge in [-0.25, -0.2) is 9.78 Å². The van der Waals surface area contributed by atoms with Crippen LogP contribution in [0.3, 0.4) is 0 Å². The Morgan fingerprint density at radius 1 is 1.52 bits per heavy atom. The van der Waals surface area contributed by atoms with E-state index in [0.717, 1.165) is 12.8 Å². The molecule has 1 aromatic rings. The minimum absolute atomic E-state index is 0.0338. The summed E-state index contributed by atoms with van der Waals surface area (Å²) in [6, 6.07) is 2.64. The van der Waals surface area contributed by atoms with Crippen LogP contribution < -0.4 is 4.74 Å². The Kier molecular flexibility index (Phi) is 5.02. The van der Waals surface area contributed by atoms with Crippen molar-refractivity contribution in [1.82, 2.24) is 9.88 Å². The van der Waals surface area contributed by atoms with Gasteiger partial charge in [-0.15, -0.1) is 0 Å². The molecule has 8 nitrogen and oxygen atoms in total. The first-order valence-corrected chi connectivity index (χ1v) is 7.50. The molecule has 0 bridgehead atoms. The van der Waals surface area contributed by atoms with Gasteiger partial charge in [0.2, 0.25) is 0 Å². The van der Waals surface area contributed by atoms with E-state index < -0.39 is 10.5 Å². The highest BCUT2D eigenvalue weighted by molar-refractivity contribution is 5.69. The Hall–Kier alpha value is -2.38. The molecule has 1 aromatic heterocycles. The van der Waals surface area contributed by atoms with Crippen LogP contribution in [0.2, 0.25) is 0 Å². The number of pyridine rings is 1. The number of rotatable bonds is 4. The molecule has 0 aliphatic carbocycles. The fourth-order valence-corrected chi connectivity index (χ4v) is 2.38. The summed E-state index contributed by atoms with van der Waals surface area (Å²) in [5, 5.41) is 10.9. The van der Waals surface area contributed by atoms with E-state index in [1.54, 1.807) is 4.90 Å². The average molecular weight is 323 g/mol. The van der Waals surface area contributed by atoms with Gasteiger partial charge in [0, 0.05) is 18.8 Å². The van der Waals surface area contributed by atoms with Crippen LogP contribution >= 0.6 is 0 Å². The molecule has 1 aliphatic heterocycles. The lowest BCUT2D eigenvalue weighted by molar-refractivity contribution is -0.386. The first kappa shape index (κ1) is 17.0. The highest BCUT2D eigenvalue weighted by Gasteiger charge is 2.33. The molecule has 126 valence electrons. The molecular weight excluding hydrogens is 302 g/mol. The smallest absolute Gasteiger partial charge is 0.410 e. The van der Waals surface area contributed by atoms with Crippen molar-refractivity contribution in [2.24, 2.45) is 0 Å². The molecule has 1 saturated heterocycles. The van der Waals surface area contributed by atoms with Gasteiger partial charge in [0.1, 0.15) is 12.2 Å². The number of aromatic nitrogens is 1. The Balaban J connectivity index is 2.00. The summed E-state index contributed by atoms with van der Waals surface area (Å²) in [6.07, 6.45) is 2.65. The van der Waals surface area contributed by atoms with Crippen molar-refractivity contribution in [2.75, 3.05) is 13.2 Å². The molecule has 2 rings (SSSR count). The number of carbonyl (C=O) groups excluding carboxylic acids is 1. The summed E-state index contributed by atoms with van der Waals surface area (Å²) in [5.74, 6) is -0.0338. The molecule has 0 N–H and O–H groups in total. The van der Waals surface area contributed by atoms with Gasteiger partial charge < -0.3 is 14.4 Å². The molecule has 1 fully saturated rings. The second-order valence-corrected chi connectivity index (χ2v) is 6.37. The van der Waals surface area contributed by atoms with E-state index >= 15 is 0 Å². The summed E-state index contributed by atoms with van der Waals surface area (Å²) in [6.45, 7) is 6.17. The van der Waals surface area contributed by atoms with Gasteiger partial charge >= 0.3 is 11.8 Å². The minimum Gasteiger partial charge on any atom is -0.471 e.